The zero-order chi connectivity index (χ0) is 29.0. The van der Waals surface area contributed by atoms with Crippen molar-refractivity contribution in [3.05, 3.63) is 102 Å². The number of carbonyl (C=O) groups excluding carboxylic acids is 2. The lowest BCUT2D eigenvalue weighted by Crippen LogP contribution is -2.50. The van der Waals surface area contributed by atoms with Crippen LogP contribution in [0.25, 0.3) is 0 Å². The van der Waals surface area contributed by atoms with E-state index in [0.717, 1.165) is 11.1 Å². The van der Waals surface area contributed by atoms with Crippen LogP contribution >= 0.6 is 0 Å². The molecule has 0 saturated carbocycles. The molecule has 0 spiro atoms. The Bertz CT molecular complexity index is 1260. The summed E-state index contributed by atoms with van der Waals surface area (Å²) >= 11 is 0. The molecular formula is C29H31F3N4O4. The number of nitrogens with one attached hydrogen (secondary N) is 2. The van der Waals surface area contributed by atoms with E-state index in [0.29, 0.717) is 16.2 Å². The maximum atomic E-state index is 13.5. The molecule has 0 saturated heterocycles. The number of benzene rings is 3. The van der Waals surface area contributed by atoms with Gasteiger partial charge in [-0.2, -0.15) is 13.2 Å². The molecule has 3 aromatic carbocycles. The molecule has 0 aliphatic rings. The first-order valence-electron chi connectivity index (χ1n) is 12.6. The molecule has 4 N–H and O–H groups in total. The number of hydrogen-bond donors (Lipinski definition) is 3. The lowest BCUT2D eigenvalue weighted by molar-refractivity contribution is -0.185. The van der Waals surface area contributed by atoms with Gasteiger partial charge in [0.2, 0.25) is 0 Å². The number of nitrogens with two attached hydrogens (primary N) is 1. The summed E-state index contributed by atoms with van der Waals surface area (Å²) in [4.78, 5) is 25.5. The van der Waals surface area contributed by atoms with Crippen molar-refractivity contribution < 1.29 is 32.2 Å². The Morgan fingerprint density at radius 1 is 0.950 bits per heavy atom. The van der Waals surface area contributed by atoms with Gasteiger partial charge in [-0.1, -0.05) is 72.8 Å². The molecule has 212 valence electrons. The predicted octanol–water partition coefficient (Wildman–Crippen LogP) is 4.67. The molecule has 8 nitrogen and oxygen atoms in total. The molecule has 40 heavy (non-hydrogen) atoms. The summed E-state index contributed by atoms with van der Waals surface area (Å²) in [5.41, 5.74) is 7.44. The summed E-state index contributed by atoms with van der Waals surface area (Å²) in [6.45, 7) is -0.665. The van der Waals surface area contributed by atoms with E-state index in [2.05, 4.69) is 5.32 Å². The number of alkyl carbamates (subject to hydrolysis) is 1. The molecule has 0 radical (unpaired) electrons. The fraction of sp³-hybridized carbons (Fsp3) is 0.276. The number of halogens is 3. The van der Waals surface area contributed by atoms with Gasteiger partial charge in [0.15, 0.2) is 0 Å². The van der Waals surface area contributed by atoms with E-state index in [1.54, 1.807) is 78.9 Å². The van der Waals surface area contributed by atoms with Crippen molar-refractivity contribution in [2.75, 3.05) is 19.7 Å². The van der Waals surface area contributed by atoms with Crippen LogP contribution in [0.15, 0.2) is 84.9 Å². The second-order valence-corrected chi connectivity index (χ2v) is 8.99. The van der Waals surface area contributed by atoms with E-state index in [9.17, 15) is 22.8 Å². The molecule has 2 amide bonds. The highest BCUT2D eigenvalue weighted by Gasteiger charge is 2.43. The van der Waals surface area contributed by atoms with Crippen molar-refractivity contribution in [3.63, 3.8) is 0 Å². The fourth-order valence-electron chi connectivity index (χ4n) is 3.91. The van der Waals surface area contributed by atoms with E-state index >= 15 is 0 Å². The van der Waals surface area contributed by atoms with Gasteiger partial charge in [-0.3, -0.25) is 10.2 Å². The number of alkyl halides is 3. The van der Waals surface area contributed by atoms with Crippen LogP contribution in [-0.4, -0.2) is 54.7 Å². The number of nitrogen functional groups attached to an aromatic ring is 1. The molecular weight excluding hydrogens is 525 g/mol. The van der Waals surface area contributed by atoms with Gasteiger partial charge in [-0.25, -0.2) is 4.79 Å². The van der Waals surface area contributed by atoms with Crippen molar-refractivity contribution in [2.45, 2.75) is 31.7 Å². The first kappa shape index (κ1) is 30.0. The second kappa shape index (κ2) is 14.6. The number of nitrogens with zero attached hydrogens (tertiary/aromatic N) is 1. The zero-order valence-corrected chi connectivity index (χ0v) is 21.7. The zero-order valence-electron chi connectivity index (χ0n) is 21.7. The Labute approximate surface area is 230 Å². The molecule has 3 rings (SSSR count). The van der Waals surface area contributed by atoms with Gasteiger partial charge in [0.05, 0.1) is 12.6 Å². The molecule has 11 heteroatoms. The Balaban J connectivity index is 1.67. The van der Waals surface area contributed by atoms with Crippen molar-refractivity contribution in [1.82, 2.24) is 10.2 Å². The Kier molecular flexibility index (Phi) is 10.9. The van der Waals surface area contributed by atoms with Crippen LogP contribution in [0.1, 0.15) is 23.1 Å². The van der Waals surface area contributed by atoms with Gasteiger partial charge in [0, 0.05) is 18.7 Å². The van der Waals surface area contributed by atoms with Gasteiger partial charge >= 0.3 is 18.2 Å². The highest BCUT2D eigenvalue weighted by Crippen LogP contribution is 2.20. The van der Waals surface area contributed by atoms with Crippen molar-refractivity contribution in [3.8, 4) is 5.75 Å². The molecule has 0 aliphatic carbocycles. The van der Waals surface area contributed by atoms with E-state index in [1.807, 2.05) is 6.07 Å². The smallest absolute Gasteiger partial charge is 0.471 e. The van der Waals surface area contributed by atoms with Crippen LogP contribution in [-0.2, 0) is 22.6 Å². The van der Waals surface area contributed by atoms with E-state index in [4.69, 9.17) is 20.6 Å². The number of amidine groups is 1. The minimum atomic E-state index is -5.10. The lowest BCUT2D eigenvalue weighted by Gasteiger charge is -2.29. The Morgan fingerprint density at radius 3 is 2.23 bits per heavy atom. The molecule has 0 heterocycles. The molecule has 0 unspecified atom stereocenters. The summed E-state index contributed by atoms with van der Waals surface area (Å²) in [7, 11) is 0. The first-order valence-corrected chi connectivity index (χ1v) is 12.6. The third-order valence-corrected chi connectivity index (χ3v) is 5.82. The normalized spacial score (nSPS) is 11.8. The van der Waals surface area contributed by atoms with Crippen molar-refractivity contribution >= 4 is 17.8 Å². The third-order valence-electron chi connectivity index (χ3n) is 5.82. The summed E-state index contributed by atoms with van der Waals surface area (Å²) in [6, 6.07) is 23.4. The van der Waals surface area contributed by atoms with Crippen LogP contribution in [0.5, 0.6) is 5.75 Å². The number of amides is 2. The fourth-order valence-corrected chi connectivity index (χ4v) is 3.91. The summed E-state index contributed by atoms with van der Waals surface area (Å²) in [6.07, 6.45) is -5.64. The standard InChI is InChI=1S/C29H31F3N4O4/c30-29(31,32)27(37)36(15-8-16-39-25-14-7-13-23(18-25)26(33)34)19-24(17-21-9-3-1-4-10-21)35-28(38)40-20-22-11-5-2-6-12-22/h1-7,9-14,18,24H,8,15-17,19-20H2,(H3,33,34)(H,35,38)/t24-/m1/s1. The average Bonchev–Trinajstić information content (AvgIpc) is 2.94. The van der Waals surface area contributed by atoms with Gasteiger partial charge in [-0.05, 0) is 36.1 Å². The average molecular weight is 557 g/mol. The molecule has 0 aromatic heterocycles. The van der Waals surface area contributed by atoms with Gasteiger partial charge in [0.1, 0.15) is 18.2 Å². The van der Waals surface area contributed by atoms with Crippen molar-refractivity contribution in [2.24, 2.45) is 5.73 Å². The number of ether oxygens (including phenoxy) is 2. The van der Waals surface area contributed by atoms with Crippen LogP contribution in [0.4, 0.5) is 18.0 Å². The third kappa shape index (κ3) is 9.97. The summed E-state index contributed by atoms with van der Waals surface area (Å²) < 4.78 is 51.3. The van der Waals surface area contributed by atoms with Crippen LogP contribution < -0.4 is 15.8 Å². The maximum Gasteiger partial charge on any atom is 0.471 e. The van der Waals surface area contributed by atoms with Gasteiger partial charge in [-0.15, -0.1) is 0 Å². The topological polar surface area (TPSA) is 118 Å². The summed E-state index contributed by atoms with van der Waals surface area (Å²) in [5, 5.41) is 10.1. The Morgan fingerprint density at radius 2 is 1.60 bits per heavy atom. The maximum absolute atomic E-state index is 13.5. The van der Waals surface area contributed by atoms with E-state index in [1.165, 1.54) is 0 Å². The Hall–Kier alpha value is -4.54. The second-order valence-electron chi connectivity index (χ2n) is 8.99. The molecule has 1 atom stereocenters. The molecule has 0 fully saturated rings. The van der Waals surface area contributed by atoms with Crippen LogP contribution in [0.2, 0.25) is 0 Å². The SMILES string of the molecule is N=C(N)c1cccc(OCCCN(C[C@@H](Cc2ccccc2)NC(=O)OCc2ccccc2)C(=O)C(F)(F)F)c1. The number of rotatable bonds is 13. The first-order chi connectivity index (χ1) is 19.1. The van der Waals surface area contributed by atoms with Crippen molar-refractivity contribution in [1.29, 1.82) is 5.41 Å². The largest absolute Gasteiger partial charge is 0.494 e. The molecule has 0 aliphatic heterocycles. The van der Waals surface area contributed by atoms with E-state index < -0.39 is 30.8 Å². The number of carbonyl (C=O) groups is 2. The molecule has 3 aromatic rings. The van der Waals surface area contributed by atoms with Gasteiger partial charge in [0.25, 0.3) is 0 Å². The highest BCUT2D eigenvalue weighted by molar-refractivity contribution is 5.95. The van der Waals surface area contributed by atoms with Crippen LogP contribution in [0.3, 0.4) is 0 Å². The summed E-state index contributed by atoms with van der Waals surface area (Å²) in [5.74, 6) is -1.76. The number of hydrogen-bond acceptors (Lipinski definition) is 5. The monoisotopic (exact) mass is 556 g/mol. The lowest BCUT2D eigenvalue weighted by atomic mass is 10.1. The quantitative estimate of drug-likeness (QED) is 0.161. The van der Waals surface area contributed by atoms with Gasteiger partial charge < -0.3 is 25.4 Å². The minimum absolute atomic E-state index is 0.0128. The molecule has 0 bridgehead atoms. The van der Waals surface area contributed by atoms with Crippen LogP contribution in [0, 0.1) is 5.41 Å². The van der Waals surface area contributed by atoms with E-state index in [-0.39, 0.29) is 38.4 Å². The minimum Gasteiger partial charge on any atom is -0.494 e. The highest BCUT2D eigenvalue weighted by atomic mass is 19.4. The predicted molar refractivity (Wildman–Crippen MR) is 144 cm³/mol.